The number of anilines is 1. The van der Waals surface area contributed by atoms with E-state index in [2.05, 4.69) is 80.7 Å². The van der Waals surface area contributed by atoms with E-state index in [0.717, 1.165) is 16.9 Å². The van der Waals surface area contributed by atoms with Crippen molar-refractivity contribution in [2.24, 2.45) is 10.4 Å². The van der Waals surface area contributed by atoms with Gasteiger partial charge in [-0.3, -0.25) is 0 Å². The van der Waals surface area contributed by atoms with Gasteiger partial charge in [0.2, 0.25) is 5.90 Å². The Hall–Kier alpha value is -3.07. The summed E-state index contributed by atoms with van der Waals surface area (Å²) in [5, 5.41) is 6.01. The van der Waals surface area contributed by atoms with Crippen LogP contribution >= 0.6 is 0 Å². The monoisotopic (exact) mass is 370 g/mol. The van der Waals surface area contributed by atoms with Gasteiger partial charge in [0.15, 0.2) is 0 Å². The Kier molecular flexibility index (Phi) is 4.91. The molecule has 1 N–H and O–H groups in total. The zero-order chi connectivity index (χ0) is 19.6. The van der Waals surface area contributed by atoms with Crippen LogP contribution < -0.4 is 5.32 Å². The quantitative estimate of drug-likeness (QED) is 0.599. The lowest BCUT2D eigenvalue weighted by molar-refractivity contribution is 0.236. The average molecular weight is 370 g/mol. The molecule has 0 aliphatic carbocycles. The second-order valence-electron chi connectivity index (χ2n) is 8.27. The second-order valence-corrected chi connectivity index (χ2v) is 8.27. The molecule has 4 rings (SSSR count). The van der Waals surface area contributed by atoms with Gasteiger partial charge in [0.1, 0.15) is 6.61 Å². The van der Waals surface area contributed by atoms with Gasteiger partial charge in [-0.1, -0.05) is 81.4 Å². The molecule has 3 aromatic rings. The van der Waals surface area contributed by atoms with E-state index < -0.39 is 0 Å². The van der Waals surface area contributed by atoms with Crippen molar-refractivity contribution >= 4 is 28.1 Å². The Morgan fingerprint density at radius 2 is 1.68 bits per heavy atom. The summed E-state index contributed by atoms with van der Waals surface area (Å²) in [6.07, 6.45) is 2.01. The molecule has 0 saturated heterocycles. The third-order valence-electron chi connectivity index (χ3n) is 5.05. The van der Waals surface area contributed by atoms with Gasteiger partial charge in [-0.15, -0.1) is 0 Å². The van der Waals surface area contributed by atoms with E-state index in [1.165, 1.54) is 10.8 Å². The van der Waals surface area contributed by atoms with E-state index in [-0.39, 0.29) is 11.5 Å². The van der Waals surface area contributed by atoms with E-state index in [0.29, 0.717) is 12.5 Å². The van der Waals surface area contributed by atoms with Gasteiger partial charge in [0.25, 0.3) is 0 Å². The van der Waals surface area contributed by atoms with Crippen molar-refractivity contribution in [2.45, 2.75) is 26.8 Å². The van der Waals surface area contributed by atoms with Crippen molar-refractivity contribution < 1.29 is 4.74 Å². The number of nitrogens with zero attached hydrogens (tertiary/aromatic N) is 1. The van der Waals surface area contributed by atoms with Gasteiger partial charge < -0.3 is 10.1 Å². The fourth-order valence-electron chi connectivity index (χ4n) is 3.27. The van der Waals surface area contributed by atoms with Crippen molar-refractivity contribution in [2.75, 3.05) is 11.9 Å². The number of fused-ring (bicyclic) bond motifs is 1. The van der Waals surface area contributed by atoms with E-state index in [9.17, 15) is 0 Å². The molecule has 1 heterocycles. The number of ether oxygens (including phenoxy) is 1. The minimum atomic E-state index is 0.0915. The first-order chi connectivity index (χ1) is 13.5. The standard InChI is InChI=1S/C25H26N2O/c1-25(2,3)23-17-28-24(27-23)16-22(19-10-5-4-6-11-19)26-21-14-13-18-9-7-8-12-20(18)15-21/h4-16,23,26H,17H2,1-3H3. The molecule has 1 aliphatic rings. The van der Waals surface area contributed by atoms with Gasteiger partial charge in [-0.25, -0.2) is 4.99 Å². The van der Waals surface area contributed by atoms with Crippen LogP contribution in [0.15, 0.2) is 83.9 Å². The number of hydrogen-bond donors (Lipinski definition) is 1. The van der Waals surface area contributed by atoms with Crippen LogP contribution in [-0.2, 0) is 4.74 Å². The summed E-state index contributed by atoms with van der Waals surface area (Å²) in [5.74, 6) is 0.687. The van der Waals surface area contributed by atoms with Crippen LogP contribution in [-0.4, -0.2) is 18.5 Å². The molecule has 3 aromatic carbocycles. The van der Waals surface area contributed by atoms with Crippen LogP contribution in [0, 0.1) is 5.41 Å². The minimum absolute atomic E-state index is 0.0915. The molecule has 0 radical (unpaired) electrons. The highest BCUT2D eigenvalue weighted by atomic mass is 16.5. The third-order valence-corrected chi connectivity index (χ3v) is 5.05. The maximum atomic E-state index is 5.89. The summed E-state index contributed by atoms with van der Waals surface area (Å²) in [5.41, 5.74) is 3.21. The second kappa shape index (κ2) is 7.51. The molecule has 1 atom stereocenters. The predicted octanol–water partition coefficient (Wildman–Crippen LogP) is 6.14. The molecule has 0 aromatic heterocycles. The van der Waals surface area contributed by atoms with E-state index in [1.807, 2.05) is 24.3 Å². The summed E-state index contributed by atoms with van der Waals surface area (Å²) < 4.78 is 5.89. The molecule has 28 heavy (non-hydrogen) atoms. The maximum Gasteiger partial charge on any atom is 0.211 e. The lowest BCUT2D eigenvalue weighted by atomic mass is 9.88. The van der Waals surface area contributed by atoms with Gasteiger partial charge in [-0.2, -0.15) is 0 Å². The Morgan fingerprint density at radius 1 is 0.964 bits per heavy atom. The first kappa shape index (κ1) is 18.3. The summed E-state index contributed by atoms with van der Waals surface area (Å²) in [7, 11) is 0. The SMILES string of the molecule is CC(C)(C)C1COC(C=C(Nc2ccc3ccccc3c2)c2ccccc2)=N1. The van der Waals surface area contributed by atoms with Crippen molar-refractivity contribution in [1.82, 2.24) is 0 Å². The summed E-state index contributed by atoms with van der Waals surface area (Å²) in [6, 6.07) is 25.3. The van der Waals surface area contributed by atoms with E-state index >= 15 is 0 Å². The Bertz CT molecular complexity index is 1030. The lowest BCUT2D eigenvalue weighted by Gasteiger charge is -2.21. The molecular weight excluding hydrogens is 344 g/mol. The smallest absolute Gasteiger partial charge is 0.211 e. The molecule has 0 fully saturated rings. The van der Waals surface area contributed by atoms with Crippen LogP contribution in [0.2, 0.25) is 0 Å². The fourth-order valence-corrected chi connectivity index (χ4v) is 3.27. The van der Waals surface area contributed by atoms with Crippen molar-refractivity contribution in [1.29, 1.82) is 0 Å². The highest BCUT2D eigenvalue weighted by Gasteiger charge is 2.29. The zero-order valence-electron chi connectivity index (χ0n) is 16.6. The van der Waals surface area contributed by atoms with Crippen molar-refractivity contribution in [3.63, 3.8) is 0 Å². The average Bonchev–Trinajstić information content (AvgIpc) is 3.17. The number of rotatable bonds is 4. The summed E-state index contributed by atoms with van der Waals surface area (Å²) >= 11 is 0. The molecule has 0 amide bonds. The molecule has 3 heteroatoms. The molecule has 0 saturated carbocycles. The van der Waals surface area contributed by atoms with Crippen LogP contribution in [0.5, 0.6) is 0 Å². The Morgan fingerprint density at radius 3 is 2.39 bits per heavy atom. The Labute approximate surface area is 166 Å². The van der Waals surface area contributed by atoms with Crippen LogP contribution in [0.25, 0.3) is 16.5 Å². The molecule has 1 unspecified atom stereocenters. The third kappa shape index (κ3) is 4.09. The predicted molar refractivity (Wildman–Crippen MR) is 119 cm³/mol. The first-order valence-corrected chi connectivity index (χ1v) is 9.72. The topological polar surface area (TPSA) is 33.6 Å². The normalized spacial score (nSPS) is 17.3. The molecule has 3 nitrogen and oxygen atoms in total. The molecule has 142 valence electrons. The largest absolute Gasteiger partial charge is 0.476 e. The van der Waals surface area contributed by atoms with Gasteiger partial charge in [-0.05, 0) is 33.9 Å². The van der Waals surface area contributed by atoms with Crippen LogP contribution in [0.1, 0.15) is 26.3 Å². The number of benzene rings is 3. The fraction of sp³-hybridized carbons (Fsp3) is 0.240. The van der Waals surface area contributed by atoms with E-state index in [4.69, 9.17) is 9.73 Å². The molecule has 1 aliphatic heterocycles. The first-order valence-electron chi connectivity index (χ1n) is 9.72. The maximum absolute atomic E-state index is 5.89. The Balaban J connectivity index is 1.68. The molecule has 0 spiro atoms. The van der Waals surface area contributed by atoms with Gasteiger partial charge >= 0.3 is 0 Å². The number of nitrogens with one attached hydrogen (secondary N) is 1. The summed E-state index contributed by atoms with van der Waals surface area (Å²) in [4.78, 5) is 4.79. The molecular formula is C25H26N2O. The summed E-state index contributed by atoms with van der Waals surface area (Å²) in [6.45, 7) is 7.22. The van der Waals surface area contributed by atoms with Crippen LogP contribution in [0.4, 0.5) is 5.69 Å². The number of hydrogen-bond acceptors (Lipinski definition) is 3. The van der Waals surface area contributed by atoms with Crippen molar-refractivity contribution in [3.8, 4) is 0 Å². The van der Waals surface area contributed by atoms with Gasteiger partial charge in [0.05, 0.1) is 11.7 Å². The van der Waals surface area contributed by atoms with Gasteiger partial charge in [0, 0.05) is 11.8 Å². The van der Waals surface area contributed by atoms with Crippen LogP contribution in [0.3, 0.4) is 0 Å². The highest BCUT2D eigenvalue weighted by Crippen LogP contribution is 2.28. The highest BCUT2D eigenvalue weighted by molar-refractivity contribution is 5.99. The number of aliphatic imine (C=N–C) groups is 1. The zero-order valence-corrected chi connectivity index (χ0v) is 16.6. The minimum Gasteiger partial charge on any atom is -0.476 e. The van der Waals surface area contributed by atoms with E-state index in [1.54, 1.807) is 0 Å². The molecule has 0 bridgehead atoms. The van der Waals surface area contributed by atoms with Crippen molar-refractivity contribution in [3.05, 3.63) is 84.4 Å². The lowest BCUT2D eigenvalue weighted by Crippen LogP contribution is -2.25.